The molecule has 20 heavy (non-hydrogen) atoms. The summed E-state index contributed by atoms with van der Waals surface area (Å²) >= 11 is 0. The minimum atomic E-state index is -3.49. The highest BCUT2D eigenvalue weighted by atomic mass is 32.2. The summed E-state index contributed by atoms with van der Waals surface area (Å²) in [5.74, 6) is -0.752. The van der Waals surface area contributed by atoms with E-state index in [0.717, 1.165) is 6.26 Å². The summed E-state index contributed by atoms with van der Waals surface area (Å²) in [6.45, 7) is 3.77. The van der Waals surface area contributed by atoms with Crippen LogP contribution in [0.4, 0.5) is 4.39 Å². The van der Waals surface area contributed by atoms with Gasteiger partial charge in [-0.2, -0.15) is 0 Å². The Morgan fingerprint density at radius 1 is 1.40 bits per heavy atom. The Balaban J connectivity index is 2.87. The number of sulfonamides is 1. The highest BCUT2D eigenvalue weighted by molar-refractivity contribution is 7.88. The van der Waals surface area contributed by atoms with Gasteiger partial charge in [-0.15, -0.1) is 6.58 Å². The summed E-state index contributed by atoms with van der Waals surface area (Å²) in [6.07, 6.45) is 2.45. The van der Waals surface area contributed by atoms with E-state index in [1.165, 1.54) is 30.3 Å². The zero-order chi connectivity index (χ0) is 15.2. The van der Waals surface area contributed by atoms with E-state index in [4.69, 9.17) is 0 Å². The molecule has 0 aliphatic rings. The number of hydrogen-bond donors (Lipinski definition) is 2. The molecular formula is C13H17FN2O3S. The molecule has 5 nitrogen and oxygen atoms in total. The summed E-state index contributed by atoms with van der Waals surface area (Å²) in [5, 5.41) is 2.56. The second-order valence-electron chi connectivity index (χ2n) is 4.29. The molecule has 0 spiro atoms. The highest BCUT2D eigenvalue weighted by Gasteiger charge is 2.19. The summed E-state index contributed by atoms with van der Waals surface area (Å²) in [6, 6.07) is 4.58. The number of carbonyl (C=O) groups excluding carboxylic acids is 1. The van der Waals surface area contributed by atoms with Crippen LogP contribution in [0.2, 0.25) is 0 Å². The topological polar surface area (TPSA) is 75.3 Å². The number of hydrogen-bond acceptors (Lipinski definition) is 3. The van der Waals surface area contributed by atoms with Crippen molar-refractivity contribution >= 4 is 15.9 Å². The molecule has 0 saturated carbocycles. The van der Waals surface area contributed by atoms with Gasteiger partial charge in [0.2, 0.25) is 15.9 Å². The molecule has 0 saturated heterocycles. The van der Waals surface area contributed by atoms with Gasteiger partial charge in [0.25, 0.3) is 0 Å². The van der Waals surface area contributed by atoms with Crippen LogP contribution in [0, 0.1) is 5.82 Å². The van der Waals surface area contributed by atoms with Crippen LogP contribution < -0.4 is 10.0 Å². The second kappa shape index (κ2) is 7.16. The summed E-state index contributed by atoms with van der Waals surface area (Å²) < 4.78 is 37.9. The maximum atomic E-state index is 12.9. The van der Waals surface area contributed by atoms with Crippen LogP contribution in [0.1, 0.15) is 18.0 Å². The van der Waals surface area contributed by atoms with Crippen molar-refractivity contribution in [1.82, 2.24) is 10.0 Å². The van der Waals surface area contributed by atoms with E-state index in [9.17, 15) is 17.6 Å². The van der Waals surface area contributed by atoms with Gasteiger partial charge in [0.05, 0.1) is 12.3 Å². The Bertz CT molecular complexity index is 570. The second-order valence-corrected chi connectivity index (χ2v) is 6.07. The quantitative estimate of drug-likeness (QED) is 0.741. The van der Waals surface area contributed by atoms with E-state index in [-0.39, 0.29) is 12.3 Å². The van der Waals surface area contributed by atoms with Crippen LogP contribution in [-0.4, -0.2) is 27.1 Å². The molecule has 0 aromatic heterocycles. The first-order chi connectivity index (χ1) is 9.31. The fourth-order valence-corrected chi connectivity index (χ4v) is 2.36. The third kappa shape index (κ3) is 5.94. The number of amides is 1. The average Bonchev–Trinajstić information content (AvgIpc) is 2.35. The summed E-state index contributed by atoms with van der Waals surface area (Å²) in [4.78, 5) is 11.7. The first-order valence-corrected chi connectivity index (χ1v) is 7.81. The highest BCUT2D eigenvalue weighted by Crippen LogP contribution is 2.18. The van der Waals surface area contributed by atoms with Crippen LogP contribution in [0.5, 0.6) is 0 Å². The maximum absolute atomic E-state index is 12.9. The number of halogens is 1. The van der Waals surface area contributed by atoms with E-state index in [0.29, 0.717) is 12.1 Å². The van der Waals surface area contributed by atoms with E-state index in [1.807, 2.05) is 0 Å². The van der Waals surface area contributed by atoms with Crippen molar-refractivity contribution in [3.8, 4) is 0 Å². The zero-order valence-corrected chi connectivity index (χ0v) is 11.9. The van der Waals surface area contributed by atoms with Crippen molar-refractivity contribution in [2.75, 3.05) is 12.8 Å². The Morgan fingerprint density at radius 2 is 2.00 bits per heavy atom. The zero-order valence-electron chi connectivity index (χ0n) is 11.1. The molecule has 1 atom stereocenters. The largest absolute Gasteiger partial charge is 0.353 e. The number of nitrogens with one attached hydrogen (secondary N) is 2. The molecular weight excluding hydrogens is 283 g/mol. The molecule has 1 amide bonds. The first-order valence-electron chi connectivity index (χ1n) is 5.92. The standard InChI is InChI=1S/C13H17FN2O3S/c1-3-8-15-13(17)9-12(16-20(2,18)19)10-4-6-11(14)7-5-10/h3-7,12,16H,1,8-9H2,2H3,(H,15,17). The van der Waals surface area contributed by atoms with Crippen molar-refractivity contribution in [3.05, 3.63) is 48.3 Å². The average molecular weight is 300 g/mol. The first kappa shape index (κ1) is 16.3. The molecule has 1 aromatic rings. The van der Waals surface area contributed by atoms with Crippen LogP contribution in [-0.2, 0) is 14.8 Å². The fourth-order valence-electron chi connectivity index (χ4n) is 1.62. The molecule has 0 aliphatic heterocycles. The van der Waals surface area contributed by atoms with Gasteiger partial charge in [-0.25, -0.2) is 17.5 Å². The normalized spacial score (nSPS) is 12.7. The molecule has 7 heteroatoms. The molecule has 0 aliphatic carbocycles. The fraction of sp³-hybridized carbons (Fsp3) is 0.308. The maximum Gasteiger partial charge on any atom is 0.222 e. The lowest BCUT2D eigenvalue weighted by Crippen LogP contribution is -2.33. The minimum absolute atomic E-state index is 0.0768. The lowest BCUT2D eigenvalue weighted by atomic mass is 10.0. The van der Waals surface area contributed by atoms with Gasteiger partial charge in [0.1, 0.15) is 5.82 Å². The Hall–Kier alpha value is -1.73. The number of rotatable bonds is 7. The predicted molar refractivity (Wildman–Crippen MR) is 74.9 cm³/mol. The molecule has 1 rings (SSSR count). The van der Waals surface area contributed by atoms with Gasteiger partial charge in [0, 0.05) is 13.0 Å². The summed E-state index contributed by atoms with van der Waals surface area (Å²) in [7, 11) is -3.49. The van der Waals surface area contributed by atoms with E-state index in [1.54, 1.807) is 0 Å². The van der Waals surface area contributed by atoms with E-state index < -0.39 is 21.9 Å². The SMILES string of the molecule is C=CCNC(=O)CC(NS(C)(=O)=O)c1ccc(F)cc1. The Labute approximate surface area is 117 Å². The molecule has 0 radical (unpaired) electrons. The molecule has 110 valence electrons. The molecule has 0 bridgehead atoms. The smallest absolute Gasteiger partial charge is 0.222 e. The van der Waals surface area contributed by atoms with Crippen LogP contribution in [0.25, 0.3) is 0 Å². The van der Waals surface area contributed by atoms with E-state index in [2.05, 4.69) is 16.6 Å². The molecule has 2 N–H and O–H groups in total. The monoisotopic (exact) mass is 300 g/mol. The molecule has 0 heterocycles. The van der Waals surface area contributed by atoms with E-state index >= 15 is 0 Å². The lowest BCUT2D eigenvalue weighted by molar-refractivity contribution is -0.121. The number of benzene rings is 1. The van der Waals surface area contributed by atoms with Gasteiger partial charge in [-0.1, -0.05) is 18.2 Å². The molecule has 1 aromatic carbocycles. The lowest BCUT2D eigenvalue weighted by Gasteiger charge is -2.17. The van der Waals surface area contributed by atoms with Gasteiger partial charge in [-0.3, -0.25) is 4.79 Å². The van der Waals surface area contributed by atoms with Crippen LogP contribution >= 0.6 is 0 Å². The van der Waals surface area contributed by atoms with Crippen molar-refractivity contribution in [2.24, 2.45) is 0 Å². The number of carbonyl (C=O) groups is 1. The molecule has 1 unspecified atom stereocenters. The van der Waals surface area contributed by atoms with Gasteiger partial charge >= 0.3 is 0 Å². The van der Waals surface area contributed by atoms with Gasteiger partial charge in [-0.05, 0) is 17.7 Å². The molecule has 0 fully saturated rings. The van der Waals surface area contributed by atoms with Crippen molar-refractivity contribution < 1.29 is 17.6 Å². The third-order valence-electron chi connectivity index (χ3n) is 2.46. The van der Waals surface area contributed by atoms with Crippen molar-refractivity contribution in [2.45, 2.75) is 12.5 Å². The summed E-state index contributed by atoms with van der Waals surface area (Å²) in [5.41, 5.74) is 0.519. The Kier molecular flexibility index (Phi) is 5.84. The minimum Gasteiger partial charge on any atom is -0.353 e. The third-order valence-corrected chi connectivity index (χ3v) is 3.17. The van der Waals surface area contributed by atoms with Gasteiger partial charge in [0.15, 0.2) is 0 Å². The van der Waals surface area contributed by atoms with Crippen LogP contribution in [0.3, 0.4) is 0 Å². The van der Waals surface area contributed by atoms with Crippen LogP contribution in [0.15, 0.2) is 36.9 Å². The van der Waals surface area contributed by atoms with Crippen molar-refractivity contribution in [1.29, 1.82) is 0 Å². The van der Waals surface area contributed by atoms with Crippen molar-refractivity contribution in [3.63, 3.8) is 0 Å². The Morgan fingerprint density at radius 3 is 2.50 bits per heavy atom. The van der Waals surface area contributed by atoms with Gasteiger partial charge < -0.3 is 5.32 Å². The predicted octanol–water partition coefficient (Wildman–Crippen LogP) is 1.11.